The van der Waals surface area contributed by atoms with Crippen molar-refractivity contribution in [2.45, 2.75) is 31.5 Å². The number of hydrogen-bond donors (Lipinski definition) is 2. The number of rotatable bonds is 6. The third kappa shape index (κ3) is 3.94. The summed E-state index contributed by atoms with van der Waals surface area (Å²) in [6.45, 7) is 2.41. The number of carbonyl (C=O) groups is 2. The zero-order chi connectivity index (χ0) is 23.7. The summed E-state index contributed by atoms with van der Waals surface area (Å²) < 4.78 is 11.9. The quantitative estimate of drug-likeness (QED) is 0.574. The van der Waals surface area contributed by atoms with Gasteiger partial charge in [-0.3, -0.25) is 9.69 Å². The molecule has 0 spiro atoms. The van der Waals surface area contributed by atoms with E-state index >= 15 is 0 Å². The number of urea groups is 1. The zero-order valence-corrected chi connectivity index (χ0v) is 19.2. The Morgan fingerprint density at radius 1 is 1.15 bits per heavy atom. The van der Waals surface area contributed by atoms with Crippen molar-refractivity contribution >= 4 is 17.6 Å². The largest absolute Gasteiger partial charge is 0.493 e. The molecule has 0 unspecified atom stereocenters. The lowest BCUT2D eigenvalue weighted by Crippen LogP contribution is -2.65. The Hall–Kier alpha value is -4.00. The highest BCUT2D eigenvalue weighted by molar-refractivity contribution is 5.99. The minimum atomic E-state index is -0.933. The molecule has 174 valence electrons. The van der Waals surface area contributed by atoms with Gasteiger partial charge < -0.3 is 20.1 Å². The molecule has 1 fully saturated rings. The van der Waals surface area contributed by atoms with Crippen LogP contribution < -0.4 is 25.0 Å². The number of ether oxygens (including phenoxy) is 2. The van der Waals surface area contributed by atoms with E-state index in [1.807, 2.05) is 61.5 Å². The fourth-order valence-electron chi connectivity index (χ4n) is 4.77. The molecule has 2 bridgehead atoms. The van der Waals surface area contributed by atoms with E-state index in [2.05, 4.69) is 10.6 Å². The molecule has 34 heavy (non-hydrogen) atoms. The van der Waals surface area contributed by atoms with Crippen LogP contribution in [0, 0.1) is 0 Å². The molecule has 2 aliphatic rings. The summed E-state index contributed by atoms with van der Waals surface area (Å²) in [5, 5.41) is 6.05. The maximum atomic E-state index is 13.2. The molecule has 2 heterocycles. The predicted octanol–water partition coefficient (Wildman–Crippen LogP) is 4.44. The molecule has 2 atom stereocenters. The number of anilines is 1. The van der Waals surface area contributed by atoms with E-state index in [4.69, 9.17) is 9.47 Å². The SMILES string of the molecule is COc1cccc2c1O[C@@]1(C)C[C@H]2NC(=O)N1c1cccc(C(=O)NCCc2ccccc2)c1. The first-order valence-electron chi connectivity index (χ1n) is 11.4. The number of amides is 3. The maximum Gasteiger partial charge on any atom is 0.325 e. The molecular formula is C27H27N3O4. The highest BCUT2D eigenvalue weighted by atomic mass is 16.5. The second kappa shape index (κ2) is 8.74. The van der Waals surface area contributed by atoms with Gasteiger partial charge in [0, 0.05) is 24.1 Å². The number of carbonyl (C=O) groups excluding carboxylic acids is 2. The first kappa shape index (κ1) is 21.8. The third-order valence-corrected chi connectivity index (χ3v) is 6.39. The second-order valence-electron chi connectivity index (χ2n) is 8.74. The predicted molar refractivity (Wildman–Crippen MR) is 129 cm³/mol. The number of nitrogens with one attached hydrogen (secondary N) is 2. The minimum Gasteiger partial charge on any atom is -0.493 e. The molecule has 0 saturated carbocycles. The lowest BCUT2D eigenvalue weighted by Gasteiger charge is -2.50. The fourth-order valence-corrected chi connectivity index (χ4v) is 4.77. The molecule has 3 amide bonds. The number of para-hydroxylation sites is 1. The van der Waals surface area contributed by atoms with Crippen molar-refractivity contribution in [2.75, 3.05) is 18.6 Å². The molecular weight excluding hydrogens is 430 g/mol. The van der Waals surface area contributed by atoms with Gasteiger partial charge in [-0.15, -0.1) is 0 Å². The van der Waals surface area contributed by atoms with Gasteiger partial charge in [0.2, 0.25) is 0 Å². The lowest BCUT2D eigenvalue weighted by molar-refractivity contribution is 0.0349. The summed E-state index contributed by atoms with van der Waals surface area (Å²) in [5.41, 5.74) is 2.20. The average molecular weight is 458 g/mol. The van der Waals surface area contributed by atoms with E-state index in [0.29, 0.717) is 35.7 Å². The van der Waals surface area contributed by atoms with Crippen LogP contribution in [-0.2, 0) is 6.42 Å². The van der Waals surface area contributed by atoms with Gasteiger partial charge in [-0.1, -0.05) is 48.5 Å². The van der Waals surface area contributed by atoms with Crippen LogP contribution in [-0.4, -0.2) is 31.3 Å². The summed E-state index contributed by atoms with van der Waals surface area (Å²) in [4.78, 5) is 27.6. The van der Waals surface area contributed by atoms with Crippen LogP contribution in [0.1, 0.15) is 40.9 Å². The van der Waals surface area contributed by atoms with Crippen molar-refractivity contribution in [1.29, 1.82) is 0 Å². The Kier molecular flexibility index (Phi) is 5.61. The maximum absolute atomic E-state index is 13.2. The van der Waals surface area contributed by atoms with Crippen LogP contribution in [0.15, 0.2) is 72.8 Å². The van der Waals surface area contributed by atoms with Gasteiger partial charge in [-0.25, -0.2) is 4.79 Å². The van der Waals surface area contributed by atoms with Gasteiger partial charge in [0.15, 0.2) is 17.2 Å². The van der Waals surface area contributed by atoms with Crippen molar-refractivity contribution < 1.29 is 19.1 Å². The van der Waals surface area contributed by atoms with Gasteiger partial charge in [0.1, 0.15) is 0 Å². The molecule has 5 rings (SSSR count). The molecule has 3 aromatic carbocycles. The summed E-state index contributed by atoms with van der Waals surface area (Å²) in [5.74, 6) is 1.06. The molecule has 7 heteroatoms. The van der Waals surface area contributed by atoms with E-state index in [9.17, 15) is 9.59 Å². The topological polar surface area (TPSA) is 79.9 Å². The molecule has 2 N–H and O–H groups in total. The second-order valence-corrected chi connectivity index (χ2v) is 8.74. The standard InChI is InChI=1S/C27H27N3O4/c1-27-17-22(21-12-7-13-23(33-2)24(21)34-27)29-26(32)30(27)20-11-6-10-19(16-20)25(31)28-15-14-18-8-4-3-5-9-18/h3-13,16,22H,14-15,17H2,1-2H3,(H,28,31)(H,29,32)/t22-,27+/m1/s1. The summed E-state index contributed by atoms with van der Waals surface area (Å²) in [6.07, 6.45) is 1.31. The Morgan fingerprint density at radius 3 is 2.74 bits per heavy atom. The molecule has 3 aromatic rings. The molecule has 7 nitrogen and oxygen atoms in total. The first-order valence-corrected chi connectivity index (χ1v) is 11.4. The number of nitrogens with zero attached hydrogens (tertiary/aromatic N) is 1. The Morgan fingerprint density at radius 2 is 1.94 bits per heavy atom. The van der Waals surface area contributed by atoms with Gasteiger partial charge in [-0.05, 0) is 43.2 Å². The Bertz CT molecular complexity index is 1230. The van der Waals surface area contributed by atoms with Crippen molar-refractivity contribution in [3.63, 3.8) is 0 Å². The van der Waals surface area contributed by atoms with Crippen LogP contribution in [0.25, 0.3) is 0 Å². The summed E-state index contributed by atoms with van der Waals surface area (Å²) in [6, 6.07) is 22.3. The monoisotopic (exact) mass is 457 g/mol. The average Bonchev–Trinajstić information content (AvgIpc) is 2.84. The minimum absolute atomic E-state index is 0.183. The number of methoxy groups -OCH3 is 1. The molecule has 1 saturated heterocycles. The van der Waals surface area contributed by atoms with Gasteiger partial charge in [0.05, 0.1) is 18.8 Å². The molecule has 0 aromatic heterocycles. The van der Waals surface area contributed by atoms with Crippen molar-refractivity contribution in [3.8, 4) is 11.5 Å². The smallest absolute Gasteiger partial charge is 0.325 e. The highest BCUT2D eigenvalue weighted by Crippen LogP contribution is 2.49. The van der Waals surface area contributed by atoms with Crippen LogP contribution in [0.3, 0.4) is 0 Å². The van der Waals surface area contributed by atoms with E-state index < -0.39 is 5.72 Å². The lowest BCUT2D eigenvalue weighted by atomic mass is 9.89. The van der Waals surface area contributed by atoms with Crippen molar-refractivity contribution in [2.24, 2.45) is 0 Å². The van der Waals surface area contributed by atoms with Gasteiger partial charge in [0.25, 0.3) is 5.91 Å². The number of fused-ring (bicyclic) bond motifs is 4. The van der Waals surface area contributed by atoms with Crippen LogP contribution >= 0.6 is 0 Å². The summed E-state index contributed by atoms with van der Waals surface area (Å²) in [7, 11) is 1.60. The van der Waals surface area contributed by atoms with Gasteiger partial charge >= 0.3 is 6.03 Å². The van der Waals surface area contributed by atoms with Crippen molar-refractivity contribution in [1.82, 2.24) is 10.6 Å². The number of hydrogen-bond acceptors (Lipinski definition) is 4. The highest BCUT2D eigenvalue weighted by Gasteiger charge is 2.50. The van der Waals surface area contributed by atoms with E-state index in [-0.39, 0.29) is 18.0 Å². The van der Waals surface area contributed by atoms with Crippen LogP contribution in [0.5, 0.6) is 11.5 Å². The molecule has 0 radical (unpaired) electrons. The Labute approximate surface area is 198 Å². The fraction of sp³-hybridized carbons (Fsp3) is 0.259. The Balaban J connectivity index is 1.37. The molecule has 2 aliphatic heterocycles. The van der Waals surface area contributed by atoms with E-state index in [1.54, 1.807) is 30.2 Å². The zero-order valence-electron chi connectivity index (χ0n) is 19.2. The van der Waals surface area contributed by atoms with Gasteiger partial charge in [-0.2, -0.15) is 0 Å². The van der Waals surface area contributed by atoms with Crippen LogP contribution in [0.4, 0.5) is 10.5 Å². The van der Waals surface area contributed by atoms with Crippen LogP contribution in [0.2, 0.25) is 0 Å². The summed E-state index contributed by atoms with van der Waals surface area (Å²) >= 11 is 0. The van der Waals surface area contributed by atoms with E-state index in [1.165, 1.54) is 0 Å². The first-order chi connectivity index (χ1) is 16.5. The normalized spacial score (nSPS) is 20.6. The third-order valence-electron chi connectivity index (χ3n) is 6.39. The van der Waals surface area contributed by atoms with Crippen molar-refractivity contribution in [3.05, 3.63) is 89.5 Å². The molecule has 0 aliphatic carbocycles. The van der Waals surface area contributed by atoms with E-state index in [0.717, 1.165) is 17.5 Å². The number of benzene rings is 3.